The van der Waals surface area contributed by atoms with Gasteiger partial charge in [-0.15, -0.1) is 0 Å². The van der Waals surface area contributed by atoms with E-state index in [4.69, 9.17) is 16.9 Å². The molecule has 0 aliphatic carbocycles. The highest BCUT2D eigenvalue weighted by molar-refractivity contribution is 6.36. The summed E-state index contributed by atoms with van der Waals surface area (Å²) in [5, 5.41) is 30.7. The average Bonchev–Trinajstić information content (AvgIpc) is 2.76. The van der Waals surface area contributed by atoms with Crippen molar-refractivity contribution in [3.05, 3.63) is 68.7 Å². The number of carbonyl (C=O) groups excluding carboxylic acids is 1. The number of carbonyl (C=O) groups is 1. The summed E-state index contributed by atoms with van der Waals surface area (Å²) >= 11 is 6.25. The van der Waals surface area contributed by atoms with Gasteiger partial charge in [0.15, 0.2) is 0 Å². The Hall–Kier alpha value is -3.28. The third-order valence-electron chi connectivity index (χ3n) is 4.05. The number of rotatable bonds is 4. The number of benzodiazepines with no additional fused rings is 1. The number of nitriles is 1. The molecule has 0 saturated heterocycles. The number of hydrogen-bond acceptors (Lipinski definition) is 6. The molecule has 2 aromatic rings. The fourth-order valence-electron chi connectivity index (χ4n) is 2.83. The van der Waals surface area contributed by atoms with Gasteiger partial charge in [-0.3, -0.25) is 14.9 Å². The minimum absolute atomic E-state index is 0.0164. The quantitative estimate of drug-likeness (QED) is 0.641. The minimum atomic E-state index is -1.72. The number of nitrogens with zero attached hydrogens (tertiary/aromatic N) is 4. The van der Waals surface area contributed by atoms with Crippen molar-refractivity contribution in [2.45, 2.75) is 12.6 Å². The first-order valence-electron chi connectivity index (χ1n) is 7.92. The van der Waals surface area contributed by atoms with Crippen molar-refractivity contribution in [1.29, 1.82) is 5.26 Å². The minimum Gasteiger partial charge on any atom is -0.364 e. The lowest BCUT2D eigenvalue weighted by atomic mass is 9.99. The van der Waals surface area contributed by atoms with Gasteiger partial charge in [0.25, 0.3) is 11.6 Å². The van der Waals surface area contributed by atoms with Crippen LogP contribution in [-0.4, -0.2) is 34.4 Å². The van der Waals surface area contributed by atoms with Gasteiger partial charge in [-0.25, -0.2) is 4.99 Å². The van der Waals surface area contributed by atoms with Crippen molar-refractivity contribution in [3.8, 4) is 6.07 Å². The van der Waals surface area contributed by atoms with Crippen LogP contribution >= 0.6 is 11.6 Å². The molecule has 27 heavy (non-hydrogen) atoms. The smallest absolute Gasteiger partial charge is 0.278 e. The number of amides is 1. The van der Waals surface area contributed by atoms with E-state index in [-0.39, 0.29) is 29.9 Å². The summed E-state index contributed by atoms with van der Waals surface area (Å²) in [6, 6.07) is 12.6. The van der Waals surface area contributed by atoms with Crippen LogP contribution in [0.4, 0.5) is 11.4 Å². The van der Waals surface area contributed by atoms with Gasteiger partial charge in [0.1, 0.15) is 0 Å². The van der Waals surface area contributed by atoms with Crippen LogP contribution in [0.1, 0.15) is 17.5 Å². The van der Waals surface area contributed by atoms with E-state index in [0.717, 1.165) is 0 Å². The highest BCUT2D eigenvalue weighted by Gasteiger charge is 2.32. The zero-order valence-electron chi connectivity index (χ0n) is 13.9. The molecule has 0 spiro atoms. The lowest BCUT2D eigenvalue weighted by Gasteiger charge is -2.22. The number of aliphatic hydroxyl groups is 1. The maximum Gasteiger partial charge on any atom is 0.278 e. The standard InChI is InChI=1S/C18H13ClN4O4/c19-14-5-2-1-4-12(14)16-13-10-11(23(26)27)6-7-15(13)22(9-3-8-20)18(25)17(24)21-16/h1-2,4-7,10,17,24H,3,9H2. The highest BCUT2D eigenvalue weighted by Crippen LogP contribution is 2.33. The largest absolute Gasteiger partial charge is 0.364 e. The van der Waals surface area contributed by atoms with E-state index in [1.165, 1.54) is 23.1 Å². The fourth-order valence-corrected chi connectivity index (χ4v) is 3.05. The Bertz CT molecular complexity index is 999. The molecule has 0 saturated carbocycles. The first-order valence-corrected chi connectivity index (χ1v) is 8.29. The second-order valence-corrected chi connectivity index (χ2v) is 6.09. The molecule has 1 aliphatic heterocycles. The molecule has 1 atom stereocenters. The lowest BCUT2D eigenvalue weighted by molar-refractivity contribution is -0.384. The van der Waals surface area contributed by atoms with Crippen molar-refractivity contribution in [3.63, 3.8) is 0 Å². The van der Waals surface area contributed by atoms with Crippen LogP contribution in [0.2, 0.25) is 5.02 Å². The van der Waals surface area contributed by atoms with E-state index in [2.05, 4.69) is 4.99 Å². The molecule has 136 valence electrons. The molecule has 0 aromatic heterocycles. The Morgan fingerprint density at radius 1 is 1.30 bits per heavy atom. The summed E-state index contributed by atoms with van der Waals surface area (Å²) in [5.41, 5.74) is 0.989. The van der Waals surface area contributed by atoms with Crippen LogP contribution in [-0.2, 0) is 4.79 Å². The summed E-state index contributed by atoms with van der Waals surface area (Å²) in [6.07, 6.45) is -1.70. The number of non-ortho nitro benzene ring substituents is 1. The highest BCUT2D eigenvalue weighted by atomic mass is 35.5. The zero-order chi connectivity index (χ0) is 19.6. The first kappa shape index (κ1) is 18.5. The molecule has 0 fully saturated rings. The van der Waals surface area contributed by atoms with Gasteiger partial charge in [-0.05, 0) is 12.1 Å². The van der Waals surface area contributed by atoms with Crippen LogP contribution in [0.3, 0.4) is 0 Å². The average molecular weight is 385 g/mol. The van der Waals surface area contributed by atoms with E-state index < -0.39 is 17.1 Å². The molecule has 2 aromatic carbocycles. The van der Waals surface area contributed by atoms with Crippen molar-refractivity contribution in [2.75, 3.05) is 11.4 Å². The zero-order valence-corrected chi connectivity index (χ0v) is 14.6. The van der Waals surface area contributed by atoms with Gasteiger partial charge >= 0.3 is 0 Å². The Labute approximate surface area is 159 Å². The first-order chi connectivity index (χ1) is 12.9. The molecule has 8 nitrogen and oxygen atoms in total. The number of fused-ring (bicyclic) bond motifs is 1. The topological polar surface area (TPSA) is 120 Å². The van der Waals surface area contributed by atoms with Gasteiger partial charge in [-0.2, -0.15) is 5.26 Å². The molecule has 1 amide bonds. The Kier molecular flexibility index (Phi) is 5.16. The SMILES string of the molecule is N#CCCN1C(=O)C(O)N=C(c2ccccc2Cl)c2cc([N+](=O)[O-])ccc21. The molecule has 1 heterocycles. The number of nitro groups is 1. The lowest BCUT2D eigenvalue weighted by Crippen LogP contribution is -2.38. The van der Waals surface area contributed by atoms with Crippen LogP contribution in [0, 0.1) is 21.4 Å². The Balaban J connectivity index is 2.28. The van der Waals surface area contributed by atoms with Crippen LogP contribution < -0.4 is 4.90 Å². The van der Waals surface area contributed by atoms with Crippen LogP contribution in [0.15, 0.2) is 47.5 Å². The van der Waals surface area contributed by atoms with Crippen LogP contribution in [0.25, 0.3) is 0 Å². The van der Waals surface area contributed by atoms with E-state index in [1.54, 1.807) is 24.3 Å². The molecule has 9 heteroatoms. The van der Waals surface area contributed by atoms with E-state index in [0.29, 0.717) is 16.3 Å². The summed E-state index contributed by atoms with van der Waals surface area (Å²) in [7, 11) is 0. The third-order valence-corrected chi connectivity index (χ3v) is 4.38. The number of halogens is 1. The monoisotopic (exact) mass is 384 g/mol. The fraction of sp³-hybridized carbons (Fsp3) is 0.167. The summed E-state index contributed by atoms with van der Waals surface area (Å²) in [6.45, 7) is 0.0164. The third kappa shape index (κ3) is 3.51. The van der Waals surface area contributed by atoms with Crippen molar-refractivity contribution >= 4 is 34.6 Å². The van der Waals surface area contributed by atoms with E-state index in [1.807, 2.05) is 6.07 Å². The predicted molar refractivity (Wildman–Crippen MR) is 98.8 cm³/mol. The molecular weight excluding hydrogens is 372 g/mol. The van der Waals surface area contributed by atoms with Crippen LogP contribution in [0.5, 0.6) is 0 Å². The van der Waals surface area contributed by atoms with E-state index >= 15 is 0 Å². The maximum atomic E-state index is 12.6. The molecule has 0 bridgehead atoms. The molecule has 1 aliphatic rings. The molecule has 1 N–H and O–H groups in total. The Morgan fingerprint density at radius 2 is 2.04 bits per heavy atom. The maximum absolute atomic E-state index is 12.6. The van der Waals surface area contributed by atoms with E-state index in [9.17, 15) is 20.0 Å². The summed E-state index contributed by atoms with van der Waals surface area (Å²) < 4.78 is 0. The van der Waals surface area contributed by atoms with Gasteiger partial charge in [0.05, 0.1) is 28.8 Å². The number of hydrogen-bond donors (Lipinski definition) is 1. The normalized spacial score (nSPS) is 16.2. The summed E-state index contributed by atoms with van der Waals surface area (Å²) in [4.78, 5) is 28.5. The number of benzene rings is 2. The van der Waals surface area contributed by atoms with Gasteiger partial charge in [-0.1, -0.05) is 29.8 Å². The predicted octanol–water partition coefficient (Wildman–Crippen LogP) is 2.66. The van der Waals surface area contributed by atoms with Gasteiger partial charge in [0.2, 0.25) is 6.23 Å². The number of aliphatic hydroxyl groups excluding tert-OH is 1. The van der Waals surface area contributed by atoms with Crippen molar-refractivity contribution in [2.24, 2.45) is 4.99 Å². The van der Waals surface area contributed by atoms with Gasteiger partial charge < -0.3 is 10.0 Å². The second-order valence-electron chi connectivity index (χ2n) is 5.69. The molecule has 0 radical (unpaired) electrons. The van der Waals surface area contributed by atoms with Gasteiger partial charge in [0, 0.05) is 34.8 Å². The molecular formula is C18H13ClN4O4. The second kappa shape index (κ2) is 7.53. The number of anilines is 1. The van der Waals surface area contributed by atoms with Crippen molar-refractivity contribution in [1.82, 2.24) is 0 Å². The Morgan fingerprint density at radius 3 is 2.70 bits per heavy atom. The number of aliphatic imine (C=N–C) groups is 1. The molecule has 1 unspecified atom stereocenters. The number of nitro benzene ring substituents is 1. The molecule has 3 rings (SSSR count). The van der Waals surface area contributed by atoms with Crippen molar-refractivity contribution < 1.29 is 14.8 Å². The summed E-state index contributed by atoms with van der Waals surface area (Å²) in [5.74, 6) is -0.720.